The average molecular weight is 551 g/mol. The Hall–Kier alpha value is -5.17. The van der Waals surface area contributed by atoms with Gasteiger partial charge < -0.3 is 18.9 Å². The summed E-state index contributed by atoms with van der Waals surface area (Å²) in [4.78, 5) is 33.8. The van der Waals surface area contributed by atoms with Gasteiger partial charge in [0.1, 0.15) is 36.2 Å². The summed E-state index contributed by atoms with van der Waals surface area (Å²) < 4.78 is 21.9. The van der Waals surface area contributed by atoms with E-state index in [1.807, 2.05) is 72.8 Å². The van der Waals surface area contributed by atoms with Crippen LogP contribution >= 0.6 is 0 Å². The van der Waals surface area contributed by atoms with Crippen LogP contribution in [0.2, 0.25) is 0 Å². The van der Waals surface area contributed by atoms with E-state index in [0.717, 1.165) is 34.4 Å². The van der Waals surface area contributed by atoms with E-state index in [-0.39, 0.29) is 13.2 Å². The molecule has 0 amide bonds. The van der Waals surface area contributed by atoms with Gasteiger partial charge >= 0.3 is 11.9 Å². The Morgan fingerprint density at radius 3 is 1.15 bits per heavy atom. The van der Waals surface area contributed by atoms with Crippen LogP contribution in [0.5, 0.6) is 23.0 Å². The van der Waals surface area contributed by atoms with E-state index in [0.29, 0.717) is 22.8 Å². The van der Waals surface area contributed by atoms with Gasteiger partial charge in [0.2, 0.25) is 5.78 Å². The fourth-order valence-corrected chi connectivity index (χ4v) is 3.69. The van der Waals surface area contributed by atoms with E-state index in [4.69, 9.17) is 18.9 Å². The normalized spacial score (nSPS) is 10.4. The Labute approximate surface area is 239 Å². The molecule has 41 heavy (non-hydrogen) atoms. The van der Waals surface area contributed by atoms with Crippen LogP contribution in [0.25, 0.3) is 0 Å². The Kier molecular flexibility index (Phi) is 9.67. The van der Waals surface area contributed by atoms with Crippen LogP contribution in [0.15, 0.2) is 109 Å². The molecule has 0 aromatic heterocycles. The second-order valence-corrected chi connectivity index (χ2v) is 9.45. The number of carbonyl (C=O) groups is 3. The molecule has 0 aliphatic rings. The summed E-state index contributed by atoms with van der Waals surface area (Å²) in [5, 5.41) is 0. The molecule has 0 heterocycles. The van der Waals surface area contributed by atoms with Gasteiger partial charge in [0.15, 0.2) is 0 Å². The zero-order valence-electron chi connectivity index (χ0n) is 22.9. The number of hydrogen-bond acceptors (Lipinski definition) is 7. The molecule has 0 atom stereocenters. The summed E-state index contributed by atoms with van der Waals surface area (Å²) >= 11 is 0. The first-order valence-electron chi connectivity index (χ1n) is 13.0. The smallest absolute Gasteiger partial charge is 0.374 e. The first kappa shape index (κ1) is 28.8. The Balaban J connectivity index is 1.25. The van der Waals surface area contributed by atoms with Crippen molar-refractivity contribution in [2.24, 2.45) is 0 Å². The summed E-state index contributed by atoms with van der Waals surface area (Å²) in [5.41, 5.74) is 4.27. The van der Waals surface area contributed by atoms with Gasteiger partial charge in [-0.2, -0.15) is 0 Å². The van der Waals surface area contributed by atoms with E-state index >= 15 is 0 Å². The number of benzene rings is 4. The van der Waals surface area contributed by atoms with Crippen molar-refractivity contribution in [3.05, 3.63) is 131 Å². The number of rotatable bonds is 12. The third-order valence-corrected chi connectivity index (χ3v) is 5.95. The van der Waals surface area contributed by atoms with Crippen LogP contribution in [0, 0.1) is 0 Å². The molecule has 4 aromatic carbocycles. The Morgan fingerprint density at radius 2 is 0.829 bits per heavy atom. The minimum atomic E-state index is -0.849. The highest BCUT2D eigenvalue weighted by atomic mass is 16.5. The molecule has 0 radical (unpaired) electrons. The molecule has 7 heteroatoms. The van der Waals surface area contributed by atoms with Gasteiger partial charge in [-0.1, -0.05) is 55.1 Å². The van der Waals surface area contributed by atoms with Gasteiger partial charge in [-0.25, -0.2) is 9.59 Å². The molecule has 0 bridgehead atoms. The van der Waals surface area contributed by atoms with Gasteiger partial charge in [0.25, 0.3) is 0 Å². The predicted octanol–water partition coefficient (Wildman–Crippen LogP) is 7.11. The molecule has 0 unspecified atom stereocenters. The van der Waals surface area contributed by atoms with E-state index in [1.54, 1.807) is 31.2 Å². The maximum Gasteiger partial charge on any atom is 0.374 e. The molecule has 4 aromatic rings. The van der Waals surface area contributed by atoms with Crippen LogP contribution in [0.4, 0.5) is 0 Å². The zero-order chi connectivity index (χ0) is 29.2. The van der Waals surface area contributed by atoms with Gasteiger partial charge in [0.05, 0.1) is 0 Å². The lowest BCUT2D eigenvalue weighted by molar-refractivity contribution is -0.153. The molecule has 0 aliphatic carbocycles. The van der Waals surface area contributed by atoms with Gasteiger partial charge in [-0.15, -0.1) is 0 Å². The lowest BCUT2D eigenvalue weighted by Crippen LogP contribution is -2.13. The maximum atomic E-state index is 11.5. The quantitative estimate of drug-likeness (QED) is 0.105. The maximum absolute atomic E-state index is 11.5. The lowest BCUT2D eigenvalue weighted by atomic mass is 10.0. The number of ether oxygens (including phenoxy) is 4. The molecular weight excluding hydrogens is 520 g/mol. The van der Waals surface area contributed by atoms with Crippen molar-refractivity contribution < 1.29 is 33.3 Å². The van der Waals surface area contributed by atoms with Crippen molar-refractivity contribution in [2.45, 2.75) is 33.5 Å². The first-order valence-corrected chi connectivity index (χ1v) is 13.0. The van der Waals surface area contributed by atoms with E-state index in [1.165, 1.54) is 6.92 Å². The molecule has 0 saturated carbocycles. The van der Waals surface area contributed by atoms with Gasteiger partial charge in [-0.3, -0.25) is 4.79 Å². The first-order chi connectivity index (χ1) is 19.7. The number of esters is 2. The molecule has 0 fully saturated rings. The molecule has 0 N–H and O–H groups in total. The van der Waals surface area contributed by atoms with Crippen molar-refractivity contribution in [3.63, 3.8) is 0 Å². The lowest BCUT2D eigenvalue weighted by Gasteiger charge is -2.10. The third kappa shape index (κ3) is 8.93. The largest absolute Gasteiger partial charge is 0.457 e. The zero-order valence-corrected chi connectivity index (χ0v) is 22.9. The summed E-state index contributed by atoms with van der Waals surface area (Å²) in [7, 11) is 0. The molecule has 208 valence electrons. The van der Waals surface area contributed by atoms with Gasteiger partial charge in [-0.05, 0) is 84.1 Å². The highest BCUT2D eigenvalue weighted by Crippen LogP contribution is 2.25. The summed E-state index contributed by atoms with van der Waals surface area (Å²) in [6.07, 6.45) is 0.756. The van der Waals surface area contributed by atoms with Crippen molar-refractivity contribution in [2.75, 3.05) is 0 Å². The fraction of sp³-hybridized carbons (Fsp3) is 0.147. The van der Waals surface area contributed by atoms with Crippen LogP contribution < -0.4 is 9.47 Å². The molecule has 7 nitrogen and oxygen atoms in total. The molecular formula is C34H30O7. The number of carbonyl (C=O) groups excluding carboxylic acids is 3. The van der Waals surface area contributed by atoms with E-state index in [9.17, 15) is 14.4 Å². The van der Waals surface area contributed by atoms with Crippen molar-refractivity contribution in [3.8, 4) is 23.0 Å². The number of hydrogen-bond donors (Lipinski definition) is 0. The average Bonchev–Trinajstić information content (AvgIpc) is 2.98. The summed E-state index contributed by atoms with van der Waals surface area (Å²) in [6, 6.07) is 30.3. The number of ketones is 1. The Morgan fingerprint density at radius 1 is 0.512 bits per heavy atom. The predicted molar refractivity (Wildman–Crippen MR) is 154 cm³/mol. The summed E-state index contributed by atoms with van der Waals surface area (Å²) in [6.45, 7) is 6.58. The molecule has 0 spiro atoms. The fourth-order valence-electron chi connectivity index (χ4n) is 3.69. The SMILES string of the molecule is C=C(C)C(=O)OCc1ccc(Oc2ccc(Cc3ccc(Oc4ccc(COC(=O)C(C)=O)cc4)cc3)cc2)cc1. The van der Waals surface area contributed by atoms with Crippen molar-refractivity contribution in [1.82, 2.24) is 0 Å². The highest BCUT2D eigenvalue weighted by Gasteiger charge is 2.09. The molecule has 0 saturated heterocycles. The Bertz CT molecular complexity index is 1380. The van der Waals surface area contributed by atoms with Crippen molar-refractivity contribution in [1.29, 1.82) is 0 Å². The standard InChI is InChI=1S/C34H30O7/c1-23(2)33(36)38-21-27-8-16-31(17-9-27)40-29-12-4-25(5-13-29)20-26-6-14-30(15-7-26)41-32-18-10-28(11-19-32)22-39-34(37)24(3)35/h4-19H,1,20-22H2,2-3H3. The van der Waals surface area contributed by atoms with E-state index < -0.39 is 17.7 Å². The van der Waals surface area contributed by atoms with Crippen molar-refractivity contribution >= 4 is 17.7 Å². The third-order valence-electron chi connectivity index (χ3n) is 5.95. The van der Waals surface area contributed by atoms with Crippen LogP contribution in [0.3, 0.4) is 0 Å². The monoisotopic (exact) mass is 550 g/mol. The van der Waals surface area contributed by atoms with Crippen LogP contribution in [-0.2, 0) is 43.5 Å². The van der Waals surface area contributed by atoms with Crippen LogP contribution in [0.1, 0.15) is 36.1 Å². The topological polar surface area (TPSA) is 88.1 Å². The van der Waals surface area contributed by atoms with Crippen LogP contribution in [-0.4, -0.2) is 17.7 Å². The molecule has 4 rings (SSSR count). The highest BCUT2D eigenvalue weighted by molar-refractivity contribution is 6.32. The second-order valence-electron chi connectivity index (χ2n) is 9.45. The summed E-state index contributed by atoms with van der Waals surface area (Å²) in [5.74, 6) is 0.881. The second kappa shape index (κ2) is 13.8. The minimum absolute atomic E-state index is 0.0317. The molecule has 0 aliphatic heterocycles. The minimum Gasteiger partial charge on any atom is -0.457 e. The number of Topliss-reactive ketones (excluding diaryl/α,β-unsaturated/α-hetero) is 1. The van der Waals surface area contributed by atoms with Gasteiger partial charge in [0, 0.05) is 12.5 Å². The van der Waals surface area contributed by atoms with E-state index in [2.05, 4.69) is 6.58 Å².